The van der Waals surface area contributed by atoms with E-state index in [1.165, 1.54) is 0 Å². The number of hydrogen-bond donors (Lipinski definition) is 2. The van der Waals surface area contributed by atoms with Crippen LogP contribution in [0.1, 0.15) is 26.2 Å². The summed E-state index contributed by atoms with van der Waals surface area (Å²) in [5.74, 6) is -0.938. The highest BCUT2D eigenvalue weighted by molar-refractivity contribution is 5.76. The maximum atomic E-state index is 11.9. The molecule has 16 heavy (non-hydrogen) atoms. The summed E-state index contributed by atoms with van der Waals surface area (Å²) in [6.45, 7) is 4.02. The van der Waals surface area contributed by atoms with E-state index in [9.17, 15) is 18.0 Å². The van der Waals surface area contributed by atoms with E-state index >= 15 is 0 Å². The van der Waals surface area contributed by atoms with Crippen LogP contribution < -0.4 is 10.6 Å². The van der Waals surface area contributed by atoms with Crippen molar-refractivity contribution >= 4 is 5.91 Å². The van der Waals surface area contributed by atoms with Gasteiger partial charge in [-0.05, 0) is 31.3 Å². The maximum Gasteiger partial charge on any atom is 0.397 e. The summed E-state index contributed by atoms with van der Waals surface area (Å²) >= 11 is 0. The molecule has 1 aliphatic heterocycles. The molecular formula is C10H17F3N2O. The number of piperidine rings is 1. The molecule has 1 amide bonds. The van der Waals surface area contributed by atoms with Crippen LogP contribution in [0.3, 0.4) is 0 Å². The molecule has 1 rings (SSSR count). The van der Waals surface area contributed by atoms with Crippen molar-refractivity contribution in [3.8, 4) is 0 Å². The van der Waals surface area contributed by atoms with Gasteiger partial charge in [0.25, 0.3) is 0 Å². The fourth-order valence-electron chi connectivity index (χ4n) is 1.76. The van der Waals surface area contributed by atoms with Crippen molar-refractivity contribution < 1.29 is 18.0 Å². The van der Waals surface area contributed by atoms with Crippen molar-refractivity contribution in [2.24, 2.45) is 5.41 Å². The van der Waals surface area contributed by atoms with Crippen molar-refractivity contribution in [1.82, 2.24) is 10.6 Å². The van der Waals surface area contributed by atoms with Gasteiger partial charge in [0.2, 0.25) is 5.91 Å². The Hall–Kier alpha value is -0.780. The lowest BCUT2D eigenvalue weighted by molar-refractivity contribution is -0.154. The van der Waals surface area contributed by atoms with Crippen molar-refractivity contribution in [2.45, 2.75) is 32.4 Å². The summed E-state index contributed by atoms with van der Waals surface area (Å²) in [6, 6.07) is 0. The van der Waals surface area contributed by atoms with Gasteiger partial charge in [-0.1, -0.05) is 6.92 Å². The molecule has 3 nitrogen and oxygen atoms in total. The highest BCUT2D eigenvalue weighted by Gasteiger charge is 2.32. The minimum absolute atomic E-state index is 0.0769. The molecule has 0 radical (unpaired) electrons. The first-order valence-electron chi connectivity index (χ1n) is 5.35. The Morgan fingerprint density at radius 1 is 1.38 bits per heavy atom. The summed E-state index contributed by atoms with van der Waals surface area (Å²) in [7, 11) is 0. The van der Waals surface area contributed by atoms with E-state index < -0.39 is 18.5 Å². The predicted molar refractivity (Wildman–Crippen MR) is 53.9 cm³/mol. The van der Waals surface area contributed by atoms with Crippen molar-refractivity contribution in [1.29, 1.82) is 0 Å². The van der Waals surface area contributed by atoms with Crippen LogP contribution in [0.2, 0.25) is 0 Å². The molecule has 0 aromatic rings. The molecule has 0 spiro atoms. The normalized spacial score (nSPS) is 20.5. The maximum absolute atomic E-state index is 11.9. The van der Waals surface area contributed by atoms with Crippen LogP contribution in [0.25, 0.3) is 0 Å². The van der Waals surface area contributed by atoms with Gasteiger partial charge in [-0.3, -0.25) is 4.79 Å². The van der Waals surface area contributed by atoms with Crippen LogP contribution in [0, 0.1) is 5.41 Å². The number of nitrogens with one attached hydrogen (secondary N) is 2. The number of rotatable bonds is 3. The van der Waals surface area contributed by atoms with E-state index in [4.69, 9.17) is 0 Å². The van der Waals surface area contributed by atoms with Crippen LogP contribution in [0.4, 0.5) is 13.2 Å². The molecule has 1 fully saturated rings. The second-order valence-electron chi connectivity index (χ2n) is 4.63. The molecule has 0 aromatic heterocycles. The minimum atomic E-state index is -4.42. The van der Waals surface area contributed by atoms with Gasteiger partial charge in [0.05, 0.1) is 0 Å². The highest BCUT2D eigenvalue weighted by Crippen LogP contribution is 2.27. The van der Waals surface area contributed by atoms with E-state index in [0.717, 1.165) is 25.9 Å². The molecule has 94 valence electrons. The van der Waals surface area contributed by atoms with Crippen molar-refractivity contribution in [3.05, 3.63) is 0 Å². The Morgan fingerprint density at radius 3 is 2.44 bits per heavy atom. The van der Waals surface area contributed by atoms with Gasteiger partial charge < -0.3 is 10.6 Å². The highest BCUT2D eigenvalue weighted by atomic mass is 19.4. The fraction of sp³-hybridized carbons (Fsp3) is 0.900. The molecule has 0 aliphatic carbocycles. The quantitative estimate of drug-likeness (QED) is 0.781. The number of halogens is 3. The molecule has 0 atom stereocenters. The molecule has 2 N–H and O–H groups in total. The van der Waals surface area contributed by atoms with Gasteiger partial charge in [0.15, 0.2) is 0 Å². The molecule has 0 bridgehead atoms. The van der Waals surface area contributed by atoms with Crippen molar-refractivity contribution in [2.75, 3.05) is 19.6 Å². The number of carbonyl (C=O) groups excluding carboxylic acids is 1. The molecule has 0 unspecified atom stereocenters. The van der Waals surface area contributed by atoms with Gasteiger partial charge in [0.1, 0.15) is 6.42 Å². The third kappa shape index (κ3) is 4.83. The van der Waals surface area contributed by atoms with Gasteiger partial charge >= 0.3 is 6.18 Å². The van der Waals surface area contributed by atoms with Crippen LogP contribution in [-0.4, -0.2) is 31.7 Å². The van der Waals surface area contributed by atoms with E-state index in [0.29, 0.717) is 6.54 Å². The van der Waals surface area contributed by atoms with Crippen LogP contribution in [0.5, 0.6) is 0 Å². The summed E-state index contributed by atoms with van der Waals surface area (Å²) < 4.78 is 35.7. The zero-order valence-electron chi connectivity index (χ0n) is 9.28. The first-order valence-corrected chi connectivity index (χ1v) is 5.35. The smallest absolute Gasteiger partial charge is 0.355 e. The molecule has 1 heterocycles. The Labute approximate surface area is 92.8 Å². The largest absolute Gasteiger partial charge is 0.397 e. The lowest BCUT2D eigenvalue weighted by Crippen LogP contribution is -2.43. The summed E-state index contributed by atoms with van der Waals surface area (Å²) in [6.07, 6.45) is -4.06. The molecular weight excluding hydrogens is 221 g/mol. The second-order valence-corrected chi connectivity index (χ2v) is 4.63. The number of hydrogen-bond acceptors (Lipinski definition) is 2. The van der Waals surface area contributed by atoms with Gasteiger partial charge in [0, 0.05) is 6.54 Å². The lowest BCUT2D eigenvalue weighted by Gasteiger charge is -2.34. The van der Waals surface area contributed by atoms with Gasteiger partial charge in [-0.15, -0.1) is 0 Å². The third-order valence-electron chi connectivity index (χ3n) is 2.88. The Kier molecular flexibility index (Phi) is 4.18. The first-order chi connectivity index (χ1) is 7.31. The predicted octanol–water partition coefficient (Wildman–Crippen LogP) is 1.44. The van der Waals surface area contributed by atoms with Gasteiger partial charge in [-0.25, -0.2) is 0 Å². The zero-order valence-corrected chi connectivity index (χ0v) is 9.28. The molecule has 0 saturated carbocycles. The molecule has 6 heteroatoms. The lowest BCUT2D eigenvalue weighted by atomic mass is 9.81. The third-order valence-corrected chi connectivity index (χ3v) is 2.88. The molecule has 1 saturated heterocycles. The monoisotopic (exact) mass is 238 g/mol. The summed E-state index contributed by atoms with van der Waals surface area (Å²) in [5.41, 5.74) is -0.0769. The standard InChI is InChI=1S/C10H17F3N2O/c1-9(2-4-14-5-3-9)7-15-8(16)6-10(11,12)13/h14H,2-7H2,1H3,(H,15,16). The van der Waals surface area contributed by atoms with Crippen LogP contribution in [0.15, 0.2) is 0 Å². The average molecular weight is 238 g/mol. The Bertz CT molecular complexity index is 247. The molecule has 1 aliphatic rings. The Morgan fingerprint density at radius 2 is 1.94 bits per heavy atom. The number of carbonyl (C=O) groups is 1. The zero-order chi connectivity index (χ0) is 12.2. The van der Waals surface area contributed by atoms with E-state index in [1.54, 1.807) is 0 Å². The van der Waals surface area contributed by atoms with Crippen LogP contribution >= 0.6 is 0 Å². The van der Waals surface area contributed by atoms with Gasteiger partial charge in [-0.2, -0.15) is 13.2 Å². The number of alkyl halides is 3. The average Bonchev–Trinajstić information content (AvgIpc) is 2.14. The molecule has 0 aromatic carbocycles. The SMILES string of the molecule is CC1(CNC(=O)CC(F)(F)F)CCNCC1. The van der Waals surface area contributed by atoms with Crippen LogP contribution in [-0.2, 0) is 4.79 Å². The minimum Gasteiger partial charge on any atom is -0.355 e. The van der Waals surface area contributed by atoms with Crippen molar-refractivity contribution in [3.63, 3.8) is 0 Å². The number of amides is 1. The first kappa shape index (κ1) is 13.3. The summed E-state index contributed by atoms with van der Waals surface area (Å²) in [5, 5.41) is 5.54. The van der Waals surface area contributed by atoms with E-state index in [1.807, 2.05) is 6.92 Å². The Balaban J connectivity index is 2.30. The topological polar surface area (TPSA) is 41.1 Å². The summed E-state index contributed by atoms with van der Waals surface area (Å²) in [4.78, 5) is 11.0. The van der Waals surface area contributed by atoms with E-state index in [2.05, 4.69) is 10.6 Å². The fourth-order valence-corrected chi connectivity index (χ4v) is 1.76. The second kappa shape index (κ2) is 5.03. The van der Waals surface area contributed by atoms with E-state index in [-0.39, 0.29) is 5.41 Å².